The van der Waals surface area contributed by atoms with Gasteiger partial charge in [-0.2, -0.15) is 0 Å². The predicted octanol–water partition coefficient (Wildman–Crippen LogP) is 6.92. The van der Waals surface area contributed by atoms with E-state index in [-0.39, 0.29) is 11.3 Å². The number of carbonyl (C=O) groups excluding carboxylic acids is 1. The van der Waals surface area contributed by atoms with E-state index >= 15 is 0 Å². The standard InChI is InChI=1S/C35H44N2O3/c1-5-14-35(32(38)6-2)15-13-31-29-20-23(3)28-21-25(36-39)9-12-27(28)33(29)30(22-34(31,35)4)24-7-10-26(11-8-24)37-16-18-40-19-17-37/h7-8,10-11,21,23,29-31,39H,6,9,12-13,15-20,22H2,1-4H3/b36-25+/t23?,29-,30+,31-,34-,35+/m0/s1. The summed E-state index contributed by atoms with van der Waals surface area (Å²) in [5, 5.41) is 13.2. The molecule has 5 heteroatoms. The topological polar surface area (TPSA) is 62.1 Å². The molecule has 4 aliphatic carbocycles. The summed E-state index contributed by atoms with van der Waals surface area (Å²) in [5.41, 5.74) is 7.15. The molecule has 1 N–H and O–H groups in total. The second kappa shape index (κ2) is 10.5. The molecule has 1 heterocycles. The van der Waals surface area contributed by atoms with Crippen LogP contribution in [-0.4, -0.2) is 43.0 Å². The second-order valence-corrected chi connectivity index (χ2v) is 12.9. The first kappa shape index (κ1) is 27.3. The number of benzene rings is 1. The van der Waals surface area contributed by atoms with Gasteiger partial charge in [-0.05, 0) is 104 Å². The van der Waals surface area contributed by atoms with Crippen molar-refractivity contribution in [1.82, 2.24) is 0 Å². The van der Waals surface area contributed by atoms with E-state index in [0.29, 0.717) is 30.0 Å². The third-order valence-electron chi connectivity index (χ3n) is 11.2. The lowest BCUT2D eigenvalue weighted by Crippen LogP contribution is -2.51. The zero-order valence-electron chi connectivity index (χ0n) is 24.6. The Morgan fingerprint density at radius 1 is 1.20 bits per heavy atom. The van der Waals surface area contributed by atoms with Crippen molar-refractivity contribution < 1.29 is 14.7 Å². The van der Waals surface area contributed by atoms with E-state index < -0.39 is 5.41 Å². The molecule has 5 aliphatic rings. The van der Waals surface area contributed by atoms with Crippen molar-refractivity contribution in [3.63, 3.8) is 0 Å². The Balaban J connectivity index is 1.50. The lowest BCUT2D eigenvalue weighted by atomic mass is 9.47. The van der Waals surface area contributed by atoms with E-state index in [0.717, 1.165) is 70.5 Å². The van der Waals surface area contributed by atoms with Crippen LogP contribution in [0, 0.1) is 40.4 Å². The molecular weight excluding hydrogens is 496 g/mol. The van der Waals surface area contributed by atoms with Gasteiger partial charge in [-0.25, -0.2) is 0 Å². The molecule has 1 unspecified atom stereocenters. The van der Waals surface area contributed by atoms with Gasteiger partial charge in [0, 0.05) is 31.1 Å². The molecule has 0 spiro atoms. The number of hydrogen-bond acceptors (Lipinski definition) is 5. The molecule has 6 rings (SSSR count). The van der Waals surface area contributed by atoms with Crippen LogP contribution < -0.4 is 4.90 Å². The minimum atomic E-state index is -0.564. The number of rotatable bonds is 4. The molecule has 1 aromatic carbocycles. The van der Waals surface area contributed by atoms with Crippen LogP contribution in [0.4, 0.5) is 5.69 Å². The zero-order valence-corrected chi connectivity index (χ0v) is 24.6. The number of oxime groups is 1. The van der Waals surface area contributed by atoms with E-state index in [4.69, 9.17) is 4.74 Å². The minimum Gasteiger partial charge on any atom is -0.411 e. The number of Topliss-reactive ketones (excluding diaryl/α,β-unsaturated/α-hetero) is 1. The van der Waals surface area contributed by atoms with Crippen molar-refractivity contribution in [2.45, 2.75) is 78.6 Å². The average Bonchev–Trinajstić information content (AvgIpc) is 3.29. The lowest BCUT2D eigenvalue weighted by Gasteiger charge is -2.55. The second-order valence-electron chi connectivity index (χ2n) is 12.9. The molecule has 5 nitrogen and oxygen atoms in total. The van der Waals surface area contributed by atoms with Gasteiger partial charge in [-0.15, -0.1) is 5.92 Å². The number of allylic oxidation sites excluding steroid dienone is 4. The highest BCUT2D eigenvalue weighted by Gasteiger charge is 2.65. The molecule has 1 aromatic rings. The number of ether oxygens (including phenoxy) is 1. The molecule has 212 valence electrons. The summed E-state index contributed by atoms with van der Waals surface area (Å²) >= 11 is 0. The Kier molecular flexibility index (Phi) is 7.20. The van der Waals surface area contributed by atoms with Gasteiger partial charge in [-0.1, -0.05) is 49.6 Å². The molecule has 40 heavy (non-hydrogen) atoms. The van der Waals surface area contributed by atoms with Gasteiger partial charge < -0.3 is 14.8 Å². The van der Waals surface area contributed by atoms with E-state index in [1.54, 1.807) is 5.57 Å². The van der Waals surface area contributed by atoms with E-state index in [1.165, 1.54) is 22.4 Å². The number of hydrogen-bond donors (Lipinski definition) is 1. The monoisotopic (exact) mass is 540 g/mol. The Labute approximate surface area is 239 Å². The third-order valence-corrected chi connectivity index (χ3v) is 11.2. The zero-order chi connectivity index (χ0) is 28.1. The number of ketones is 1. The van der Waals surface area contributed by atoms with Crippen molar-refractivity contribution >= 4 is 17.2 Å². The maximum Gasteiger partial charge on any atom is 0.151 e. The van der Waals surface area contributed by atoms with Gasteiger partial charge >= 0.3 is 0 Å². The largest absolute Gasteiger partial charge is 0.411 e. The first-order valence-corrected chi connectivity index (χ1v) is 15.4. The van der Waals surface area contributed by atoms with Gasteiger partial charge in [-0.3, -0.25) is 4.79 Å². The number of morpholine rings is 1. The minimum absolute atomic E-state index is 0.168. The van der Waals surface area contributed by atoms with Crippen LogP contribution in [0.25, 0.3) is 0 Å². The number of anilines is 1. The molecule has 1 aliphatic heterocycles. The first-order valence-electron chi connectivity index (χ1n) is 15.4. The molecule has 0 radical (unpaired) electrons. The molecule has 0 bridgehead atoms. The van der Waals surface area contributed by atoms with Crippen LogP contribution in [0.1, 0.15) is 84.1 Å². The van der Waals surface area contributed by atoms with Gasteiger partial charge in [0.25, 0.3) is 0 Å². The molecular formula is C35H44N2O3. The van der Waals surface area contributed by atoms with Crippen molar-refractivity contribution in [2.75, 3.05) is 31.2 Å². The molecule has 0 amide bonds. The van der Waals surface area contributed by atoms with Crippen molar-refractivity contribution in [1.29, 1.82) is 0 Å². The van der Waals surface area contributed by atoms with Crippen LogP contribution in [0.5, 0.6) is 0 Å². The number of fused-ring (bicyclic) bond motifs is 4. The Bertz CT molecular complexity index is 1320. The highest BCUT2D eigenvalue weighted by molar-refractivity contribution is 5.97. The number of carbonyl (C=O) groups is 1. The summed E-state index contributed by atoms with van der Waals surface area (Å²) in [5.74, 6) is 8.66. The Hall–Kier alpha value is -2.84. The highest BCUT2D eigenvalue weighted by Crippen LogP contribution is 2.70. The van der Waals surface area contributed by atoms with E-state index in [9.17, 15) is 10.0 Å². The molecule has 1 saturated heterocycles. The lowest BCUT2D eigenvalue weighted by molar-refractivity contribution is -0.132. The van der Waals surface area contributed by atoms with Crippen molar-refractivity contribution in [3.05, 3.63) is 52.6 Å². The summed E-state index contributed by atoms with van der Waals surface area (Å²) in [4.78, 5) is 16.2. The van der Waals surface area contributed by atoms with Gasteiger partial charge in [0.05, 0.1) is 24.3 Å². The molecule has 3 fully saturated rings. The highest BCUT2D eigenvalue weighted by atomic mass is 16.5. The first-order chi connectivity index (χ1) is 19.4. The van der Waals surface area contributed by atoms with Crippen molar-refractivity contribution in [2.24, 2.45) is 33.7 Å². The predicted molar refractivity (Wildman–Crippen MR) is 160 cm³/mol. The van der Waals surface area contributed by atoms with Crippen LogP contribution in [-0.2, 0) is 9.53 Å². The van der Waals surface area contributed by atoms with Gasteiger partial charge in [0.1, 0.15) is 0 Å². The maximum atomic E-state index is 13.8. The smallest absolute Gasteiger partial charge is 0.151 e. The summed E-state index contributed by atoms with van der Waals surface area (Å²) in [6, 6.07) is 9.27. The quantitative estimate of drug-likeness (QED) is 0.256. The maximum absolute atomic E-state index is 13.8. The molecule has 0 aromatic heterocycles. The summed E-state index contributed by atoms with van der Waals surface area (Å²) < 4.78 is 5.58. The Morgan fingerprint density at radius 3 is 2.62 bits per heavy atom. The van der Waals surface area contributed by atoms with Crippen LogP contribution in [0.2, 0.25) is 0 Å². The SMILES string of the molecule is CC#C[C@]1(C(=O)CC)CC[C@H]2[C@@H]3CC(C)C4=C/C(=N/O)CCC4=C3[C@@H](c3ccc(N4CCOCC4)cc3)C[C@@]21C. The normalized spacial score (nSPS) is 36.2. The fraction of sp³-hybridized carbons (Fsp3) is 0.600. The van der Waals surface area contributed by atoms with Crippen molar-refractivity contribution in [3.8, 4) is 11.8 Å². The Morgan fingerprint density at radius 2 is 1.95 bits per heavy atom. The summed E-state index contributed by atoms with van der Waals surface area (Å²) in [6.45, 7) is 12.1. The van der Waals surface area contributed by atoms with Crippen LogP contribution in [0.15, 0.2) is 52.2 Å². The van der Waals surface area contributed by atoms with E-state index in [2.05, 4.69) is 66.1 Å². The summed E-state index contributed by atoms with van der Waals surface area (Å²) in [7, 11) is 0. The fourth-order valence-electron chi connectivity index (χ4n) is 9.36. The average molecular weight is 541 g/mol. The number of nitrogens with zero attached hydrogens (tertiary/aromatic N) is 2. The van der Waals surface area contributed by atoms with Gasteiger partial charge in [0.15, 0.2) is 5.78 Å². The summed E-state index contributed by atoms with van der Waals surface area (Å²) in [6.07, 6.45) is 8.39. The molecule has 6 atom stereocenters. The van der Waals surface area contributed by atoms with E-state index in [1.807, 2.05) is 13.8 Å². The fourth-order valence-corrected chi connectivity index (χ4v) is 9.36. The van der Waals surface area contributed by atoms with Gasteiger partial charge in [0.2, 0.25) is 0 Å². The van der Waals surface area contributed by atoms with Crippen LogP contribution in [0.3, 0.4) is 0 Å². The molecule has 2 saturated carbocycles. The third kappa shape index (κ3) is 4.09. The van der Waals surface area contributed by atoms with Crippen LogP contribution >= 0.6 is 0 Å².